The number of hydrogen-bond donors (Lipinski definition) is 3. The van der Waals surface area contributed by atoms with E-state index in [9.17, 15) is 4.79 Å². The summed E-state index contributed by atoms with van der Waals surface area (Å²) in [6, 6.07) is 4.18. The molecule has 1 heterocycles. The molecule has 7 heteroatoms. The molecule has 1 aliphatic rings. The van der Waals surface area contributed by atoms with Gasteiger partial charge in [-0.3, -0.25) is 20.6 Å². The fraction of sp³-hybridized carbons (Fsp3) is 0.500. The quantitative estimate of drug-likeness (QED) is 0.447. The van der Waals surface area contributed by atoms with Crippen LogP contribution in [-0.4, -0.2) is 27.8 Å². The van der Waals surface area contributed by atoms with Gasteiger partial charge >= 0.3 is 0 Å². The minimum Gasteiger partial charge on any atom is -0.359 e. The van der Waals surface area contributed by atoms with Crippen LogP contribution in [0.3, 0.4) is 0 Å². The van der Waals surface area contributed by atoms with Crippen molar-refractivity contribution >= 4 is 35.0 Å². The van der Waals surface area contributed by atoms with E-state index in [2.05, 4.69) is 21.2 Å². The van der Waals surface area contributed by atoms with Crippen molar-refractivity contribution in [2.24, 2.45) is 0 Å². The molecule has 1 saturated carbocycles. The second kappa shape index (κ2) is 8.84. The molecule has 1 amide bonds. The van der Waals surface area contributed by atoms with Crippen LogP contribution in [0.2, 0.25) is 0 Å². The molecule has 0 aromatic carbocycles. The van der Waals surface area contributed by atoms with Crippen LogP contribution < -0.4 is 16.2 Å². The van der Waals surface area contributed by atoms with E-state index in [0.29, 0.717) is 16.9 Å². The molecule has 1 aromatic heterocycles. The number of amides is 1. The van der Waals surface area contributed by atoms with Gasteiger partial charge in [-0.1, -0.05) is 19.3 Å². The number of thiocarbonyl (C=S) groups is 1. The average Bonchev–Trinajstić information content (AvgIpc) is 2.53. The van der Waals surface area contributed by atoms with Crippen LogP contribution in [-0.2, 0) is 4.79 Å². The summed E-state index contributed by atoms with van der Waals surface area (Å²) in [6.45, 7) is 0. The molecule has 0 aliphatic heterocycles. The Labute approximate surface area is 134 Å². The summed E-state index contributed by atoms with van der Waals surface area (Å²) >= 11 is 6.64. The summed E-state index contributed by atoms with van der Waals surface area (Å²) in [7, 11) is 0. The van der Waals surface area contributed by atoms with Gasteiger partial charge in [-0.2, -0.15) is 0 Å². The molecule has 0 unspecified atom stereocenters. The van der Waals surface area contributed by atoms with E-state index in [1.54, 1.807) is 12.4 Å². The highest BCUT2D eigenvalue weighted by molar-refractivity contribution is 8.00. The van der Waals surface area contributed by atoms with Gasteiger partial charge in [-0.25, -0.2) is 0 Å². The van der Waals surface area contributed by atoms with Gasteiger partial charge in [0.05, 0.1) is 5.75 Å². The highest BCUT2D eigenvalue weighted by Gasteiger charge is 2.14. The Morgan fingerprint density at radius 3 is 2.67 bits per heavy atom. The minimum atomic E-state index is -0.107. The Bertz CT molecular complexity index is 463. The lowest BCUT2D eigenvalue weighted by Gasteiger charge is -2.24. The molecular formula is C14H20N4OS2. The number of carbonyl (C=O) groups is 1. The van der Waals surface area contributed by atoms with E-state index in [1.165, 1.54) is 31.0 Å². The number of hydrogen-bond acceptors (Lipinski definition) is 4. The molecule has 1 fully saturated rings. The largest absolute Gasteiger partial charge is 0.359 e. The Hall–Kier alpha value is -1.34. The van der Waals surface area contributed by atoms with Crippen LogP contribution in [0.25, 0.3) is 0 Å². The van der Waals surface area contributed by atoms with E-state index < -0.39 is 0 Å². The number of rotatable bonds is 4. The lowest BCUT2D eigenvalue weighted by Crippen LogP contribution is -2.50. The van der Waals surface area contributed by atoms with Crippen molar-refractivity contribution in [1.82, 2.24) is 21.2 Å². The maximum absolute atomic E-state index is 11.7. The highest BCUT2D eigenvalue weighted by atomic mass is 32.2. The third kappa shape index (κ3) is 6.31. The maximum atomic E-state index is 11.7. The van der Waals surface area contributed by atoms with Crippen molar-refractivity contribution in [2.45, 2.75) is 43.0 Å². The molecule has 0 saturated heterocycles. The highest BCUT2D eigenvalue weighted by Crippen LogP contribution is 2.17. The summed E-state index contributed by atoms with van der Waals surface area (Å²) in [5.74, 6) is 0.230. The van der Waals surface area contributed by atoms with Gasteiger partial charge in [-0.05, 0) is 37.2 Å². The molecule has 1 aliphatic carbocycles. The fourth-order valence-electron chi connectivity index (χ4n) is 2.21. The first-order chi connectivity index (χ1) is 10.2. The second-order valence-corrected chi connectivity index (χ2v) is 6.41. The summed E-state index contributed by atoms with van der Waals surface area (Å²) in [4.78, 5) is 16.7. The average molecular weight is 324 g/mol. The zero-order valence-electron chi connectivity index (χ0n) is 11.8. The molecule has 114 valence electrons. The summed E-state index contributed by atoms with van der Waals surface area (Å²) in [6.07, 6.45) is 9.51. The molecule has 0 atom stereocenters. The Kier molecular flexibility index (Phi) is 6.75. The first-order valence-electron chi connectivity index (χ1n) is 7.12. The normalized spacial score (nSPS) is 15.2. The lowest BCUT2D eigenvalue weighted by atomic mass is 9.96. The molecule has 5 nitrogen and oxygen atoms in total. The Balaban J connectivity index is 1.60. The van der Waals surface area contributed by atoms with Crippen LogP contribution >= 0.6 is 24.0 Å². The van der Waals surface area contributed by atoms with Crippen LogP contribution in [0, 0.1) is 0 Å². The number of thioether (sulfide) groups is 1. The summed E-state index contributed by atoms with van der Waals surface area (Å²) in [5.41, 5.74) is 5.37. The molecule has 1 aromatic rings. The molecule has 21 heavy (non-hydrogen) atoms. The smallest absolute Gasteiger partial charge is 0.248 e. The monoisotopic (exact) mass is 324 g/mol. The molecule has 0 spiro atoms. The van der Waals surface area contributed by atoms with Crippen LogP contribution in [0.1, 0.15) is 32.1 Å². The predicted octanol–water partition coefficient (Wildman–Crippen LogP) is 2.00. The Morgan fingerprint density at radius 2 is 1.95 bits per heavy atom. The van der Waals surface area contributed by atoms with Crippen LogP contribution in [0.4, 0.5) is 0 Å². The zero-order chi connectivity index (χ0) is 14.9. The van der Waals surface area contributed by atoms with Gasteiger partial charge in [0.1, 0.15) is 0 Å². The van der Waals surface area contributed by atoms with Crippen molar-refractivity contribution in [3.63, 3.8) is 0 Å². The molecule has 0 radical (unpaired) electrons. The number of hydrazine groups is 1. The number of aromatic nitrogens is 1. The van der Waals surface area contributed by atoms with Crippen molar-refractivity contribution in [3.05, 3.63) is 24.5 Å². The Morgan fingerprint density at radius 1 is 1.24 bits per heavy atom. The lowest BCUT2D eigenvalue weighted by molar-refractivity contribution is -0.119. The number of carbonyl (C=O) groups excluding carboxylic acids is 1. The van der Waals surface area contributed by atoms with Crippen molar-refractivity contribution < 1.29 is 4.79 Å². The first-order valence-corrected chi connectivity index (χ1v) is 8.51. The molecular weight excluding hydrogens is 304 g/mol. The van der Waals surface area contributed by atoms with Crippen molar-refractivity contribution in [1.29, 1.82) is 0 Å². The van der Waals surface area contributed by atoms with Gasteiger partial charge < -0.3 is 5.32 Å². The van der Waals surface area contributed by atoms with E-state index in [-0.39, 0.29) is 5.91 Å². The maximum Gasteiger partial charge on any atom is 0.248 e. The number of nitrogens with one attached hydrogen (secondary N) is 3. The third-order valence-corrected chi connectivity index (χ3v) is 4.51. The van der Waals surface area contributed by atoms with E-state index in [4.69, 9.17) is 12.2 Å². The zero-order valence-corrected chi connectivity index (χ0v) is 13.4. The summed E-state index contributed by atoms with van der Waals surface area (Å²) in [5, 5.41) is 3.73. The molecule has 3 N–H and O–H groups in total. The van der Waals surface area contributed by atoms with Gasteiger partial charge in [-0.15, -0.1) is 11.8 Å². The van der Waals surface area contributed by atoms with Crippen LogP contribution in [0.15, 0.2) is 29.4 Å². The fourth-order valence-corrected chi connectivity index (χ4v) is 3.12. The molecule has 2 rings (SSSR count). The van der Waals surface area contributed by atoms with E-state index in [1.807, 2.05) is 12.1 Å². The first kappa shape index (κ1) is 16.0. The van der Waals surface area contributed by atoms with E-state index >= 15 is 0 Å². The van der Waals surface area contributed by atoms with Gasteiger partial charge in [0.2, 0.25) is 5.91 Å². The van der Waals surface area contributed by atoms with Gasteiger partial charge in [0.15, 0.2) is 5.11 Å². The van der Waals surface area contributed by atoms with Gasteiger partial charge in [0, 0.05) is 23.3 Å². The standard InChI is InChI=1S/C14H20N4OS2/c19-13(10-21-12-6-8-15-9-7-12)17-18-14(20)16-11-4-2-1-3-5-11/h6-9,11H,1-5,10H2,(H,17,19)(H2,16,18,20). The number of nitrogens with zero attached hydrogens (tertiary/aromatic N) is 1. The van der Waals surface area contributed by atoms with Crippen LogP contribution in [0.5, 0.6) is 0 Å². The molecule has 0 bridgehead atoms. The third-order valence-electron chi connectivity index (χ3n) is 3.28. The minimum absolute atomic E-state index is 0.107. The number of pyridine rings is 1. The van der Waals surface area contributed by atoms with E-state index in [0.717, 1.165) is 17.7 Å². The second-order valence-electron chi connectivity index (χ2n) is 4.95. The van der Waals surface area contributed by atoms with Crippen molar-refractivity contribution in [3.8, 4) is 0 Å². The predicted molar refractivity (Wildman–Crippen MR) is 88.8 cm³/mol. The summed E-state index contributed by atoms with van der Waals surface area (Å²) < 4.78 is 0. The van der Waals surface area contributed by atoms with Crippen molar-refractivity contribution in [2.75, 3.05) is 5.75 Å². The SMILES string of the molecule is O=C(CSc1ccncc1)NNC(=S)NC1CCCCC1. The topological polar surface area (TPSA) is 66.0 Å². The van der Waals surface area contributed by atoms with Gasteiger partial charge in [0.25, 0.3) is 0 Å².